The van der Waals surface area contributed by atoms with Crippen molar-refractivity contribution in [2.24, 2.45) is 0 Å². The minimum Gasteiger partial charge on any atom is -0.383 e. The van der Waals surface area contributed by atoms with Gasteiger partial charge >= 0.3 is 0 Å². The minimum absolute atomic E-state index is 0.140. The molecule has 0 bridgehead atoms. The molecule has 0 heterocycles. The molecule has 0 fully saturated rings. The first-order valence-electron chi connectivity index (χ1n) is 9.50. The zero-order valence-electron chi connectivity index (χ0n) is 17.1. The maximum atomic E-state index is 12.5. The molecule has 2 N–H and O–H groups in total. The van der Waals surface area contributed by atoms with Gasteiger partial charge in [-0.1, -0.05) is 31.2 Å². The predicted octanol–water partition coefficient (Wildman–Crippen LogP) is 3.03. The molecule has 0 unspecified atom stereocenters. The summed E-state index contributed by atoms with van der Waals surface area (Å²) in [5, 5.41) is 17.1. The number of rotatable bonds is 11. The lowest BCUT2D eigenvalue weighted by atomic mass is 10.1. The number of nitro groups is 1. The molecular weight excluding hydrogens is 372 g/mol. The molecular formula is C21H28N4O4. The van der Waals surface area contributed by atoms with E-state index in [4.69, 9.17) is 4.74 Å². The summed E-state index contributed by atoms with van der Waals surface area (Å²) in [5.74, 6) is -0.354. The lowest BCUT2D eigenvalue weighted by Gasteiger charge is -2.14. The van der Waals surface area contributed by atoms with Gasteiger partial charge in [-0.25, -0.2) is 0 Å². The van der Waals surface area contributed by atoms with E-state index in [2.05, 4.69) is 41.6 Å². The van der Waals surface area contributed by atoms with Crippen LogP contribution in [0.15, 0.2) is 42.5 Å². The Kier molecular flexibility index (Phi) is 8.57. The number of nitro benzene ring substituents is 1. The van der Waals surface area contributed by atoms with E-state index >= 15 is 0 Å². The number of benzene rings is 2. The van der Waals surface area contributed by atoms with Gasteiger partial charge in [-0.3, -0.25) is 14.9 Å². The molecule has 8 heteroatoms. The highest BCUT2D eigenvalue weighted by atomic mass is 16.6. The third-order valence-corrected chi connectivity index (χ3v) is 4.52. The van der Waals surface area contributed by atoms with E-state index in [1.165, 1.54) is 11.6 Å². The number of nitrogens with one attached hydrogen (secondary N) is 2. The van der Waals surface area contributed by atoms with Crippen LogP contribution in [-0.4, -0.2) is 49.6 Å². The molecule has 0 aliphatic heterocycles. The highest BCUT2D eigenvalue weighted by Gasteiger charge is 2.17. The molecule has 0 aliphatic rings. The maximum absolute atomic E-state index is 12.5. The Morgan fingerprint density at radius 1 is 1.21 bits per heavy atom. The molecule has 0 aliphatic carbocycles. The predicted molar refractivity (Wildman–Crippen MR) is 113 cm³/mol. The minimum atomic E-state index is -0.500. The van der Waals surface area contributed by atoms with Crippen molar-refractivity contribution in [1.82, 2.24) is 10.2 Å². The molecule has 0 atom stereocenters. The number of carbonyl (C=O) groups is 1. The normalized spacial score (nSPS) is 10.8. The molecule has 0 aromatic heterocycles. The molecule has 1 amide bonds. The van der Waals surface area contributed by atoms with Crippen LogP contribution in [-0.2, 0) is 17.8 Å². The van der Waals surface area contributed by atoms with Crippen LogP contribution in [0.2, 0.25) is 0 Å². The Labute approximate surface area is 171 Å². The summed E-state index contributed by atoms with van der Waals surface area (Å²) >= 11 is 0. The summed E-state index contributed by atoms with van der Waals surface area (Å²) in [6, 6.07) is 12.4. The smallest absolute Gasteiger partial charge is 0.293 e. The number of hydrogen-bond acceptors (Lipinski definition) is 6. The van der Waals surface area contributed by atoms with Gasteiger partial charge in [0, 0.05) is 38.4 Å². The summed E-state index contributed by atoms with van der Waals surface area (Å²) < 4.78 is 4.94. The van der Waals surface area contributed by atoms with Crippen molar-refractivity contribution < 1.29 is 14.5 Å². The molecule has 156 valence electrons. The van der Waals surface area contributed by atoms with Gasteiger partial charge in [0.05, 0.1) is 11.5 Å². The van der Waals surface area contributed by atoms with E-state index in [0.29, 0.717) is 25.4 Å². The average Bonchev–Trinajstić information content (AvgIpc) is 2.72. The summed E-state index contributed by atoms with van der Waals surface area (Å²) in [7, 11) is 3.61. The molecule has 8 nitrogen and oxygen atoms in total. The van der Waals surface area contributed by atoms with Crippen molar-refractivity contribution in [2.75, 3.05) is 39.2 Å². The lowest BCUT2D eigenvalue weighted by molar-refractivity contribution is -0.384. The first-order chi connectivity index (χ1) is 13.9. The molecule has 0 saturated carbocycles. The van der Waals surface area contributed by atoms with E-state index in [1.807, 2.05) is 12.1 Å². The molecule has 2 aromatic rings. The van der Waals surface area contributed by atoms with Crippen LogP contribution in [0.5, 0.6) is 0 Å². The molecule has 2 rings (SSSR count). The maximum Gasteiger partial charge on any atom is 0.293 e. The van der Waals surface area contributed by atoms with Crippen molar-refractivity contribution in [2.45, 2.75) is 20.0 Å². The second-order valence-electron chi connectivity index (χ2n) is 6.74. The first-order valence-corrected chi connectivity index (χ1v) is 9.50. The van der Waals surface area contributed by atoms with Crippen molar-refractivity contribution in [3.63, 3.8) is 0 Å². The van der Waals surface area contributed by atoms with Gasteiger partial charge in [0.15, 0.2) is 0 Å². The zero-order chi connectivity index (χ0) is 21.2. The van der Waals surface area contributed by atoms with Crippen LogP contribution < -0.4 is 10.6 Å². The fourth-order valence-electron chi connectivity index (χ4n) is 2.81. The molecule has 29 heavy (non-hydrogen) atoms. The fraction of sp³-hybridized carbons (Fsp3) is 0.381. The van der Waals surface area contributed by atoms with Crippen molar-refractivity contribution in [3.8, 4) is 0 Å². The zero-order valence-corrected chi connectivity index (χ0v) is 17.1. The number of anilines is 1. The Morgan fingerprint density at radius 3 is 2.66 bits per heavy atom. The fourth-order valence-corrected chi connectivity index (χ4v) is 2.81. The number of methoxy groups -OCH3 is 1. The van der Waals surface area contributed by atoms with Gasteiger partial charge in [-0.2, -0.15) is 0 Å². The largest absolute Gasteiger partial charge is 0.383 e. The molecule has 2 aromatic carbocycles. The standard InChI is InChI=1S/C21H28N4O4/c1-4-24(2)15-17-7-5-6-16(12-17)14-23-21(26)18-8-9-19(22-10-11-29-3)20(13-18)25(27)28/h5-9,12-13,22H,4,10-11,14-15H2,1-3H3,(H,23,26). The second-order valence-corrected chi connectivity index (χ2v) is 6.74. The van der Waals surface area contributed by atoms with Crippen LogP contribution >= 0.6 is 0 Å². The Morgan fingerprint density at radius 2 is 1.97 bits per heavy atom. The van der Waals surface area contributed by atoms with Crippen LogP contribution in [0.4, 0.5) is 11.4 Å². The number of hydrogen-bond donors (Lipinski definition) is 2. The lowest BCUT2D eigenvalue weighted by Crippen LogP contribution is -2.23. The number of amides is 1. The van der Waals surface area contributed by atoms with Crippen LogP contribution in [0.25, 0.3) is 0 Å². The van der Waals surface area contributed by atoms with Gasteiger partial charge in [0.1, 0.15) is 5.69 Å². The van der Waals surface area contributed by atoms with E-state index in [9.17, 15) is 14.9 Å². The third-order valence-electron chi connectivity index (χ3n) is 4.52. The Hall–Kier alpha value is -2.97. The highest BCUT2D eigenvalue weighted by Crippen LogP contribution is 2.25. The van der Waals surface area contributed by atoms with Crippen molar-refractivity contribution in [3.05, 3.63) is 69.3 Å². The third kappa shape index (κ3) is 6.85. The van der Waals surface area contributed by atoms with Gasteiger partial charge < -0.3 is 20.3 Å². The van der Waals surface area contributed by atoms with Gasteiger partial charge in [0.2, 0.25) is 0 Å². The summed E-state index contributed by atoms with van der Waals surface area (Å²) in [6.07, 6.45) is 0. The molecule has 0 spiro atoms. The summed E-state index contributed by atoms with van der Waals surface area (Å²) in [4.78, 5) is 25.5. The van der Waals surface area contributed by atoms with Crippen LogP contribution in [0, 0.1) is 10.1 Å². The average molecular weight is 400 g/mol. The molecule has 0 radical (unpaired) electrons. The van der Waals surface area contributed by atoms with Gasteiger partial charge in [0.25, 0.3) is 11.6 Å². The van der Waals surface area contributed by atoms with E-state index in [-0.39, 0.29) is 17.2 Å². The SMILES string of the molecule is CCN(C)Cc1cccc(CNC(=O)c2ccc(NCCOC)c([N+](=O)[O-])c2)c1. The van der Waals surface area contributed by atoms with Gasteiger partial charge in [-0.15, -0.1) is 0 Å². The van der Waals surface area contributed by atoms with E-state index in [0.717, 1.165) is 18.7 Å². The monoisotopic (exact) mass is 400 g/mol. The topological polar surface area (TPSA) is 96.7 Å². The number of nitrogens with zero attached hydrogens (tertiary/aromatic N) is 2. The highest BCUT2D eigenvalue weighted by molar-refractivity contribution is 5.95. The van der Waals surface area contributed by atoms with Crippen molar-refractivity contribution >= 4 is 17.3 Å². The van der Waals surface area contributed by atoms with E-state index in [1.54, 1.807) is 19.2 Å². The summed E-state index contributed by atoms with van der Waals surface area (Å²) in [5.41, 5.74) is 2.61. The first kappa shape index (κ1) is 22.3. The van der Waals surface area contributed by atoms with Crippen LogP contribution in [0.1, 0.15) is 28.4 Å². The van der Waals surface area contributed by atoms with Crippen LogP contribution in [0.3, 0.4) is 0 Å². The molecule has 0 saturated heterocycles. The van der Waals surface area contributed by atoms with Crippen molar-refractivity contribution in [1.29, 1.82) is 0 Å². The van der Waals surface area contributed by atoms with E-state index < -0.39 is 4.92 Å². The summed E-state index contributed by atoms with van der Waals surface area (Å²) in [6.45, 7) is 5.10. The number of carbonyl (C=O) groups excluding carboxylic acids is 1. The number of ether oxygens (including phenoxy) is 1. The second kappa shape index (κ2) is 11.1. The van der Waals surface area contributed by atoms with Gasteiger partial charge in [-0.05, 0) is 36.9 Å². The Balaban J connectivity index is 2.04. The quantitative estimate of drug-likeness (QED) is 0.342. The Bertz CT molecular complexity index is 841.